The Balaban J connectivity index is 1.43. The molecule has 6 rings (SSSR count). The molecule has 0 unspecified atom stereocenters. The van der Waals surface area contributed by atoms with Crippen LogP contribution in [-0.2, 0) is 85.8 Å². The van der Waals surface area contributed by atoms with E-state index in [1.54, 1.807) is 0 Å². The number of carbonyl (C=O) groups is 3. The van der Waals surface area contributed by atoms with Crippen molar-refractivity contribution in [1.29, 1.82) is 0 Å². The van der Waals surface area contributed by atoms with Gasteiger partial charge in [0.1, 0.15) is 153 Å². The molecule has 35 atom stereocenters. The van der Waals surface area contributed by atoms with E-state index in [4.69, 9.17) is 56.8 Å². The number of hydrogen-bond acceptors (Lipinski definition) is 38. The van der Waals surface area contributed by atoms with Gasteiger partial charge in [-0.15, -0.1) is 0 Å². The van der Waals surface area contributed by atoms with E-state index < -0.39 is 288 Å². The molecular formula is C49H84N2O40S. The molecule has 92 heavy (non-hydrogen) atoms. The first-order valence-electron chi connectivity index (χ1n) is 28.5. The number of aliphatic hydroxyl groups is 20. The van der Waals surface area contributed by atoms with Crippen LogP contribution in [0.4, 0.5) is 0 Å². The maximum absolute atomic E-state index is 13.4. The van der Waals surface area contributed by atoms with Crippen molar-refractivity contribution in [2.75, 3.05) is 39.6 Å². The first-order chi connectivity index (χ1) is 43.0. The Bertz CT molecular complexity index is 2470. The Kier molecular flexibility index (Phi) is 28.0. The van der Waals surface area contributed by atoms with Gasteiger partial charge in [-0.3, -0.25) is 14.1 Å². The van der Waals surface area contributed by atoms with Crippen LogP contribution in [0.15, 0.2) is 0 Å². The van der Waals surface area contributed by atoms with Crippen molar-refractivity contribution in [2.24, 2.45) is 0 Å². The fourth-order valence-corrected chi connectivity index (χ4v) is 11.4. The third kappa shape index (κ3) is 17.8. The minimum atomic E-state index is -5.44. The number of carbonyl (C=O) groups excluding carboxylic acids is 2. The van der Waals surface area contributed by atoms with Crippen LogP contribution in [0.5, 0.6) is 0 Å². The maximum atomic E-state index is 13.4. The van der Waals surface area contributed by atoms with Crippen molar-refractivity contribution < 1.29 is 196 Å². The number of carboxylic acids is 1. The number of hydrogen-bond donors (Lipinski definition) is 24. The predicted molar refractivity (Wildman–Crippen MR) is 282 cm³/mol. The topological polar surface area (TPSA) is 674 Å². The molecule has 0 bridgehead atoms. The molecule has 43 heteroatoms. The third-order valence-corrected chi connectivity index (χ3v) is 16.5. The van der Waals surface area contributed by atoms with Crippen LogP contribution in [0, 0.1) is 0 Å². The SMILES string of the molecule is CC(=O)N[C@H]1[C@H](O[C@H]2[C@@H](O)[C@@H](CO)O[C@@H](O[C@@H]([C@H](O[C@@H]3O[C@@H](C)[C@@H](O)[C@@H](O)[C@@H]3O)[C@@H](O)CO)[C@H](O)COS(=O)(=O)O)[C@@H]2O)O[C@H](CO)[C@@H](O[C@@H]2O[C@@H](C)[C@@H](O)[C@@H](O)[C@@H]2O)[C@@H]1O[C@@H]1O[C@H](CO)[C@H](O)[C@H](O[C@]2(C(=O)O)C[C@H](O)[C@@H](NC(C)=O)[C@H]([C@H](O)[C@H](O)CO)O2)[C@H]1O. The standard InChI is InChI=1S/C49H84N2O40S/c1-12-25(63)30(68)32(70)44(80-12)85-36(18(61)7-53)37(19(62)11-79-92(76,77)78)86-46-34(72)41(28(66)20(8-54)82-46)89-43-24(51-15(4)58)40(38(22(10-56)84-43)87-45-33(71)31(69)26(64)13(2)81-45)88-47-35(73)42(29(67)21(9-55)83-47)91-49(48(74)75)5-16(59)23(50-14(3)57)39(90-49)27(65)17(60)6-52/h12-13,16-47,52-56,59-73H,5-11H2,1-4H3,(H,50,57)(H,51,58)(H,74,75)(H,76,77,78)/t12-,13-,16-,17+,18-,19+,20+,21+,22+,23+,24+,25+,26+,27+,28-,29-,30+,31+,32-,33-,34+,35+,36+,37+,38+,39+,40+,41-,42-,43-,44-,45-,46-,47-,49-/m0/s1. The Hall–Kier alpha value is -3.00. The van der Waals surface area contributed by atoms with Gasteiger partial charge in [0.05, 0.1) is 64.0 Å². The number of ether oxygens (including phenoxy) is 12. The van der Waals surface area contributed by atoms with Gasteiger partial charge in [0.2, 0.25) is 11.8 Å². The summed E-state index contributed by atoms with van der Waals surface area (Å²) in [5.41, 5.74) is 0. The highest BCUT2D eigenvalue weighted by molar-refractivity contribution is 7.80. The number of rotatable bonds is 28. The van der Waals surface area contributed by atoms with Gasteiger partial charge in [0, 0.05) is 20.3 Å². The molecule has 0 aromatic carbocycles. The average molecular weight is 1370 g/mol. The number of aliphatic carboxylic acids is 1. The van der Waals surface area contributed by atoms with Crippen LogP contribution in [0.25, 0.3) is 0 Å². The summed E-state index contributed by atoms with van der Waals surface area (Å²) < 4.78 is 107. The Morgan fingerprint density at radius 1 is 0.522 bits per heavy atom. The van der Waals surface area contributed by atoms with Crippen molar-refractivity contribution in [1.82, 2.24) is 10.6 Å². The number of aliphatic hydroxyl groups excluding tert-OH is 20. The average Bonchev–Trinajstić information content (AvgIpc) is 0.768. The van der Waals surface area contributed by atoms with Gasteiger partial charge in [-0.25, -0.2) is 8.98 Å². The summed E-state index contributed by atoms with van der Waals surface area (Å²) >= 11 is 0. The van der Waals surface area contributed by atoms with Crippen molar-refractivity contribution >= 4 is 28.2 Å². The highest BCUT2D eigenvalue weighted by atomic mass is 32.3. The fourth-order valence-electron chi connectivity index (χ4n) is 11.1. The van der Waals surface area contributed by atoms with E-state index in [1.165, 1.54) is 13.8 Å². The third-order valence-electron chi connectivity index (χ3n) is 16.1. The highest BCUT2D eigenvalue weighted by Crippen LogP contribution is 2.41. The van der Waals surface area contributed by atoms with E-state index in [0.29, 0.717) is 0 Å². The normalized spacial score (nSPS) is 44.2. The first kappa shape index (κ1) is 78.0. The molecule has 0 aromatic heterocycles. The molecule has 536 valence electrons. The lowest BCUT2D eigenvalue weighted by Crippen LogP contribution is -2.72. The van der Waals surface area contributed by atoms with Crippen LogP contribution in [0.1, 0.15) is 34.1 Å². The van der Waals surface area contributed by atoms with Crippen LogP contribution >= 0.6 is 0 Å². The van der Waals surface area contributed by atoms with E-state index in [0.717, 1.165) is 13.8 Å². The molecule has 6 heterocycles. The quantitative estimate of drug-likeness (QED) is 0.0324. The van der Waals surface area contributed by atoms with Gasteiger partial charge in [-0.05, 0) is 13.8 Å². The largest absolute Gasteiger partial charge is 0.477 e. The molecule has 24 N–H and O–H groups in total. The van der Waals surface area contributed by atoms with E-state index in [2.05, 4.69) is 14.8 Å². The smallest absolute Gasteiger partial charge is 0.397 e. The first-order valence-corrected chi connectivity index (χ1v) is 29.9. The molecule has 6 saturated heterocycles. The Morgan fingerprint density at radius 2 is 0.957 bits per heavy atom. The molecule has 2 amide bonds. The molecule has 6 aliphatic heterocycles. The lowest BCUT2D eigenvalue weighted by molar-refractivity contribution is -0.398. The van der Waals surface area contributed by atoms with Crippen LogP contribution in [0.3, 0.4) is 0 Å². The van der Waals surface area contributed by atoms with Crippen molar-refractivity contribution in [2.45, 2.75) is 248 Å². The van der Waals surface area contributed by atoms with E-state index >= 15 is 0 Å². The van der Waals surface area contributed by atoms with E-state index in [1.807, 2.05) is 0 Å². The van der Waals surface area contributed by atoms with E-state index in [-0.39, 0.29) is 0 Å². The highest BCUT2D eigenvalue weighted by Gasteiger charge is 2.62. The van der Waals surface area contributed by atoms with Crippen molar-refractivity contribution in [3.63, 3.8) is 0 Å². The van der Waals surface area contributed by atoms with Crippen LogP contribution in [0.2, 0.25) is 0 Å². The Labute approximate surface area is 521 Å². The Morgan fingerprint density at radius 3 is 1.47 bits per heavy atom. The minimum absolute atomic E-state index is 0.856. The fraction of sp³-hybridized carbons (Fsp3) is 0.939. The van der Waals surface area contributed by atoms with E-state index in [9.17, 15) is 135 Å². The number of carboxylic acid groups (broad SMARTS) is 1. The molecule has 0 aliphatic carbocycles. The predicted octanol–water partition coefficient (Wildman–Crippen LogP) is -15.3. The molecular weight excluding hydrogens is 1290 g/mol. The maximum Gasteiger partial charge on any atom is 0.397 e. The van der Waals surface area contributed by atoms with Gasteiger partial charge < -0.3 is 175 Å². The number of amides is 2. The van der Waals surface area contributed by atoms with Crippen LogP contribution in [-0.4, -0.2) is 392 Å². The second kappa shape index (κ2) is 33.0. The molecule has 0 aromatic rings. The second-order valence-corrected chi connectivity index (χ2v) is 23.8. The van der Waals surface area contributed by atoms with Gasteiger partial charge in [0.25, 0.3) is 5.79 Å². The molecule has 6 fully saturated rings. The monoisotopic (exact) mass is 1370 g/mol. The summed E-state index contributed by atoms with van der Waals surface area (Å²) in [6.07, 6.45) is -71.3. The van der Waals surface area contributed by atoms with Gasteiger partial charge in [-0.1, -0.05) is 0 Å². The van der Waals surface area contributed by atoms with Crippen LogP contribution < -0.4 is 10.6 Å². The molecule has 6 aliphatic rings. The summed E-state index contributed by atoms with van der Waals surface area (Å²) in [5.74, 6) is -7.49. The van der Waals surface area contributed by atoms with Gasteiger partial charge >= 0.3 is 16.4 Å². The summed E-state index contributed by atoms with van der Waals surface area (Å²) in [6, 6.07) is -3.92. The van der Waals surface area contributed by atoms with Gasteiger partial charge in [-0.2, -0.15) is 8.42 Å². The molecule has 0 radical (unpaired) electrons. The number of nitrogens with one attached hydrogen (secondary N) is 2. The zero-order valence-corrected chi connectivity index (χ0v) is 50.0. The zero-order valence-electron chi connectivity index (χ0n) is 49.2. The lowest BCUT2D eigenvalue weighted by atomic mass is 9.88. The summed E-state index contributed by atoms with van der Waals surface area (Å²) in [5, 5.41) is 234. The zero-order chi connectivity index (χ0) is 68.9. The lowest BCUT2D eigenvalue weighted by Gasteiger charge is -2.52. The summed E-state index contributed by atoms with van der Waals surface area (Å²) in [4.78, 5) is 38.9. The molecule has 0 spiro atoms. The second-order valence-electron chi connectivity index (χ2n) is 22.7. The van der Waals surface area contributed by atoms with Gasteiger partial charge in [0.15, 0.2) is 31.5 Å². The summed E-state index contributed by atoms with van der Waals surface area (Å²) in [7, 11) is -5.44. The van der Waals surface area contributed by atoms with Crippen molar-refractivity contribution in [3.8, 4) is 0 Å². The van der Waals surface area contributed by atoms with Crippen molar-refractivity contribution in [3.05, 3.63) is 0 Å². The molecule has 42 nitrogen and oxygen atoms in total. The molecule has 0 saturated carbocycles. The minimum Gasteiger partial charge on any atom is -0.477 e. The summed E-state index contributed by atoms with van der Waals surface area (Å²) in [6.45, 7) is -3.69.